The molecule has 1 rings (SSSR count). The molecule has 6 heteroatoms. The van der Waals surface area contributed by atoms with E-state index in [2.05, 4.69) is 4.74 Å². The zero-order valence-corrected chi connectivity index (χ0v) is 8.28. The number of carbonyl (C=O) groups is 1. The maximum atomic E-state index is 12.6. The number of rotatable bonds is 2. The Balaban J connectivity index is 3.11. The first-order valence-electron chi connectivity index (χ1n) is 4.29. The Labute approximate surface area is 89.5 Å². The summed E-state index contributed by atoms with van der Waals surface area (Å²) >= 11 is 0. The number of aromatic hydroxyl groups is 1. The van der Waals surface area contributed by atoms with Gasteiger partial charge in [0.2, 0.25) is 0 Å². The lowest BCUT2D eigenvalue weighted by Crippen LogP contribution is -2.29. The molecule has 0 aromatic heterocycles. The Hall–Kier alpha value is -1.72. The summed E-state index contributed by atoms with van der Waals surface area (Å²) in [5, 5.41) is 8.94. The lowest BCUT2D eigenvalue weighted by atomic mass is 9.98. The number of carbonyl (C=O) groups excluding carboxylic acids is 1. The average Bonchev–Trinajstić information content (AvgIpc) is 2.19. The van der Waals surface area contributed by atoms with E-state index < -0.39 is 18.1 Å². The van der Waals surface area contributed by atoms with Gasteiger partial charge in [-0.1, -0.05) is 12.1 Å². The summed E-state index contributed by atoms with van der Waals surface area (Å²) in [6.07, 6.45) is -4.72. The second kappa shape index (κ2) is 4.42. The van der Waals surface area contributed by atoms with Crippen LogP contribution in [-0.4, -0.2) is 24.4 Å². The van der Waals surface area contributed by atoms with Gasteiger partial charge < -0.3 is 9.84 Å². The van der Waals surface area contributed by atoms with Gasteiger partial charge in [-0.05, 0) is 17.7 Å². The van der Waals surface area contributed by atoms with Crippen LogP contribution >= 0.6 is 0 Å². The van der Waals surface area contributed by atoms with Gasteiger partial charge >= 0.3 is 12.1 Å². The molecule has 1 N–H and O–H groups in total. The van der Waals surface area contributed by atoms with Crippen LogP contribution < -0.4 is 0 Å². The molecule has 0 bridgehead atoms. The summed E-state index contributed by atoms with van der Waals surface area (Å²) in [6.45, 7) is 0. The molecule has 0 fully saturated rings. The van der Waals surface area contributed by atoms with E-state index in [-0.39, 0.29) is 11.3 Å². The summed E-state index contributed by atoms with van der Waals surface area (Å²) in [7, 11) is 0.890. The minimum absolute atomic E-state index is 0.172. The van der Waals surface area contributed by atoms with Gasteiger partial charge in [0, 0.05) is 0 Å². The molecular formula is C10H9F3O3. The van der Waals surface area contributed by atoms with Crippen LogP contribution in [0.25, 0.3) is 0 Å². The third kappa shape index (κ3) is 2.65. The van der Waals surface area contributed by atoms with E-state index in [0.717, 1.165) is 31.4 Å². The Morgan fingerprint density at radius 2 is 1.81 bits per heavy atom. The second-order valence-corrected chi connectivity index (χ2v) is 3.09. The van der Waals surface area contributed by atoms with Crippen molar-refractivity contribution < 1.29 is 27.8 Å². The van der Waals surface area contributed by atoms with Crippen LogP contribution in [0.5, 0.6) is 5.75 Å². The van der Waals surface area contributed by atoms with Crippen molar-refractivity contribution in [1.29, 1.82) is 0 Å². The smallest absolute Gasteiger partial charge is 0.406 e. The van der Waals surface area contributed by atoms with Crippen molar-refractivity contribution in [2.45, 2.75) is 12.1 Å². The largest absolute Gasteiger partial charge is 0.508 e. The van der Waals surface area contributed by atoms with Gasteiger partial charge in [-0.3, -0.25) is 4.79 Å². The van der Waals surface area contributed by atoms with Crippen LogP contribution in [0.15, 0.2) is 24.3 Å². The standard InChI is InChI=1S/C10H9F3O3/c1-16-9(15)8(10(11,12)13)6-2-4-7(14)5-3-6/h2-5,8,14H,1H3. The quantitative estimate of drug-likeness (QED) is 0.798. The fourth-order valence-corrected chi connectivity index (χ4v) is 1.24. The van der Waals surface area contributed by atoms with Crippen molar-refractivity contribution in [3.8, 4) is 5.75 Å². The van der Waals surface area contributed by atoms with Crippen molar-refractivity contribution >= 4 is 5.97 Å². The highest BCUT2D eigenvalue weighted by Crippen LogP contribution is 2.36. The molecule has 0 radical (unpaired) electrons. The van der Waals surface area contributed by atoms with Crippen LogP contribution in [0.2, 0.25) is 0 Å². The molecule has 16 heavy (non-hydrogen) atoms. The van der Waals surface area contributed by atoms with Gasteiger partial charge in [-0.15, -0.1) is 0 Å². The lowest BCUT2D eigenvalue weighted by Gasteiger charge is -2.18. The fourth-order valence-electron chi connectivity index (χ4n) is 1.24. The minimum Gasteiger partial charge on any atom is -0.508 e. The molecular weight excluding hydrogens is 225 g/mol. The van der Waals surface area contributed by atoms with E-state index in [1.54, 1.807) is 0 Å². The van der Waals surface area contributed by atoms with Crippen molar-refractivity contribution in [2.24, 2.45) is 0 Å². The Kier molecular flexibility index (Phi) is 3.41. The van der Waals surface area contributed by atoms with Crippen LogP contribution in [0.3, 0.4) is 0 Å². The SMILES string of the molecule is COC(=O)C(c1ccc(O)cc1)C(F)(F)F. The zero-order chi connectivity index (χ0) is 12.3. The molecule has 3 nitrogen and oxygen atoms in total. The van der Waals surface area contributed by atoms with Gasteiger partial charge in [-0.2, -0.15) is 13.2 Å². The molecule has 0 aliphatic rings. The summed E-state index contributed by atoms with van der Waals surface area (Å²) in [4.78, 5) is 11.0. The number of phenols is 1. The molecule has 0 aliphatic carbocycles. The minimum atomic E-state index is -4.72. The first-order valence-corrected chi connectivity index (χ1v) is 4.29. The maximum Gasteiger partial charge on any atom is 0.406 e. The molecule has 0 saturated heterocycles. The monoisotopic (exact) mass is 234 g/mol. The van der Waals surface area contributed by atoms with E-state index in [4.69, 9.17) is 5.11 Å². The molecule has 1 aromatic rings. The topological polar surface area (TPSA) is 46.5 Å². The van der Waals surface area contributed by atoms with Crippen molar-refractivity contribution in [3.63, 3.8) is 0 Å². The van der Waals surface area contributed by atoms with Crippen molar-refractivity contribution in [3.05, 3.63) is 29.8 Å². The highest BCUT2D eigenvalue weighted by molar-refractivity contribution is 5.79. The number of esters is 1. The number of hydrogen-bond donors (Lipinski definition) is 1. The van der Waals surface area contributed by atoms with Crippen LogP contribution in [-0.2, 0) is 9.53 Å². The summed E-state index contributed by atoms with van der Waals surface area (Å²) in [6, 6.07) is 4.23. The van der Waals surface area contributed by atoms with Gasteiger partial charge in [0.1, 0.15) is 5.75 Å². The fraction of sp³-hybridized carbons (Fsp3) is 0.300. The highest BCUT2D eigenvalue weighted by Gasteiger charge is 2.46. The number of methoxy groups -OCH3 is 1. The third-order valence-corrected chi connectivity index (χ3v) is 1.99. The van der Waals surface area contributed by atoms with E-state index >= 15 is 0 Å². The molecule has 0 aliphatic heterocycles. The van der Waals surface area contributed by atoms with Crippen molar-refractivity contribution in [2.75, 3.05) is 7.11 Å². The van der Waals surface area contributed by atoms with Gasteiger partial charge in [-0.25, -0.2) is 0 Å². The lowest BCUT2D eigenvalue weighted by molar-refractivity contribution is -0.179. The first-order chi connectivity index (χ1) is 7.36. The molecule has 88 valence electrons. The number of alkyl halides is 3. The predicted molar refractivity (Wildman–Crippen MR) is 48.9 cm³/mol. The number of phenolic OH excluding ortho intramolecular Hbond substituents is 1. The predicted octanol–water partition coefficient (Wildman–Crippen LogP) is 2.21. The number of benzene rings is 1. The van der Waals surface area contributed by atoms with Crippen LogP contribution in [0, 0.1) is 0 Å². The third-order valence-electron chi connectivity index (χ3n) is 1.99. The molecule has 0 saturated carbocycles. The number of halogens is 3. The maximum absolute atomic E-state index is 12.6. The van der Waals surface area contributed by atoms with Crippen LogP contribution in [0.4, 0.5) is 13.2 Å². The molecule has 1 unspecified atom stereocenters. The zero-order valence-electron chi connectivity index (χ0n) is 8.28. The number of hydrogen-bond acceptors (Lipinski definition) is 3. The molecule has 0 amide bonds. The Morgan fingerprint density at radius 1 is 1.31 bits per heavy atom. The number of ether oxygens (including phenoxy) is 1. The molecule has 1 atom stereocenters. The van der Waals surface area contributed by atoms with E-state index in [9.17, 15) is 18.0 Å². The summed E-state index contributed by atoms with van der Waals surface area (Å²) in [5.41, 5.74) is -0.267. The average molecular weight is 234 g/mol. The summed E-state index contributed by atoms with van der Waals surface area (Å²) in [5.74, 6) is -3.87. The normalized spacial score (nSPS) is 13.2. The second-order valence-electron chi connectivity index (χ2n) is 3.09. The van der Waals surface area contributed by atoms with Crippen LogP contribution in [0.1, 0.15) is 11.5 Å². The molecule has 1 aromatic carbocycles. The van der Waals surface area contributed by atoms with E-state index in [1.807, 2.05) is 0 Å². The molecule has 0 spiro atoms. The van der Waals surface area contributed by atoms with Gasteiger partial charge in [0.05, 0.1) is 7.11 Å². The van der Waals surface area contributed by atoms with Gasteiger partial charge in [0.25, 0.3) is 0 Å². The highest BCUT2D eigenvalue weighted by atomic mass is 19.4. The van der Waals surface area contributed by atoms with E-state index in [1.165, 1.54) is 0 Å². The summed E-state index contributed by atoms with van der Waals surface area (Å²) < 4.78 is 41.8. The van der Waals surface area contributed by atoms with Crippen molar-refractivity contribution in [1.82, 2.24) is 0 Å². The first kappa shape index (κ1) is 12.4. The van der Waals surface area contributed by atoms with Gasteiger partial charge in [0.15, 0.2) is 5.92 Å². The Bertz CT molecular complexity index is 370. The Morgan fingerprint density at radius 3 is 2.19 bits per heavy atom. The van der Waals surface area contributed by atoms with E-state index in [0.29, 0.717) is 0 Å². The molecule has 0 heterocycles.